The predicted octanol–water partition coefficient (Wildman–Crippen LogP) is 2.66. The van der Waals surface area contributed by atoms with Crippen molar-refractivity contribution in [3.63, 3.8) is 0 Å². The summed E-state index contributed by atoms with van der Waals surface area (Å²) in [6.07, 6.45) is 0. The van der Waals surface area contributed by atoms with E-state index in [0.717, 1.165) is 5.56 Å². The Morgan fingerprint density at radius 1 is 1.35 bits per heavy atom. The smallest absolute Gasteiger partial charge is 0.275 e. The molecule has 1 amide bonds. The van der Waals surface area contributed by atoms with Gasteiger partial charge in [-0.15, -0.1) is 11.3 Å². The van der Waals surface area contributed by atoms with Crippen LogP contribution in [0.3, 0.4) is 0 Å². The molecule has 0 aliphatic rings. The number of carbonyl (C=O) groups is 1. The van der Waals surface area contributed by atoms with Gasteiger partial charge < -0.3 is 4.57 Å². The second-order valence-corrected chi connectivity index (χ2v) is 5.60. The Morgan fingerprint density at radius 3 is 2.95 bits per heavy atom. The van der Waals surface area contributed by atoms with Crippen molar-refractivity contribution in [1.82, 2.24) is 9.99 Å². The summed E-state index contributed by atoms with van der Waals surface area (Å²) in [7, 11) is 0. The number of nitrogen functional groups attached to an aromatic ring is 1. The molecule has 0 aliphatic carbocycles. The molecular formula is C15H15N3OS. The number of para-hydroxylation sites is 1. The van der Waals surface area contributed by atoms with E-state index in [1.807, 2.05) is 23.6 Å². The van der Waals surface area contributed by atoms with Gasteiger partial charge in [-0.2, -0.15) is 0 Å². The summed E-state index contributed by atoms with van der Waals surface area (Å²) in [5.41, 5.74) is 5.54. The number of hydrogen-bond acceptors (Lipinski definition) is 3. The molecule has 4 nitrogen and oxygen atoms in total. The van der Waals surface area contributed by atoms with Crippen LogP contribution in [-0.4, -0.2) is 10.5 Å². The second kappa shape index (κ2) is 5.11. The van der Waals surface area contributed by atoms with Crippen LogP contribution in [0.5, 0.6) is 0 Å². The number of nitrogens with one attached hydrogen (secondary N) is 1. The minimum Gasteiger partial charge on any atom is -0.340 e. The highest BCUT2D eigenvalue weighted by molar-refractivity contribution is 7.12. The number of aromatic nitrogens is 1. The Morgan fingerprint density at radius 2 is 2.15 bits per heavy atom. The van der Waals surface area contributed by atoms with Gasteiger partial charge in [0.2, 0.25) is 0 Å². The topological polar surface area (TPSA) is 60.0 Å². The van der Waals surface area contributed by atoms with E-state index < -0.39 is 0 Å². The van der Waals surface area contributed by atoms with Gasteiger partial charge in [-0.3, -0.25) is 10.2 Å². The molecule has 3 rings (SSSR count). The largest absolute Gasteiger partial charge is 0.340 e. The van der Waals surface area contributed by atoms with E-state index in [2.05, 4.69) is 35.1 Å². The minimum absolute atomic E-state index is 0.232. The van der Waals surface area contributed by atoms with E-state index in [4.69, 9.17) is 5.84 Å². The molecule has 0 spiro atoms. The van der Waals surface area contributed by atoms with E-state index >= 15 is 0 Å². The molecule has 0 unspecified atom stereocenters. The lowest BCUT2D eigenvalue weighted by Crippen LogP contribution is -2.30. The van der Waals surface area contributed by atoms with Gasteiger partial charge in [0, 0.05) is 17.8 Å². The summed E-state index contributed by atoms with van der Waals surface area (Å²) in [4.78, 5) is 12.4. The molecule has 2 aromatic heterocycles. The van der Waals surface area contributed by atoms with Gasteiger partial charge in [0.05, 0.1) is 4.88 Å². The van der Waals surface area contributed by atoms with E-state index in [-0.39, 0.29) is 5.91 Å². The monoisotopic (exact) mass is 285 g/mol. The molecule has 0 aliphatic heterocycles. The zero-order chi connectivity index (χ0) is 14.1. The molecule has 1 aromatic carbocycles. The highest BCUT2D eigenvalue weighted by Crippen LogP contribution is 2.23. The second-order valence-electron chi connectivity index (χ2n) is 4.68. The molecule has 0 fully saturated rings. The molecule has 0 bridgehead atoms. The zero-order valence-corrected chi connectivity index (χ0v) is 11.9. The van der Waals surface area contributed by atoms with Crippen molar-refractivity contribution < 1.29 is 4.79 Å². The third-order valence-electron chi connectivity index (χ3n) is 3.43. The van der Waals surface area contributed by atoms with Crippen LogP contribution in [0, 0.1) is 6.92 Å². The Hall–Kier alpha value is -2.11. The normalized spacial score (nSPS) is 10.9. The lowest BCUT2D eigenvalue weighted by molar-refractivity contribution is 0.0957. The number of nitrogens with two attached hydrogens (primary N) is 1. The fraction of sp³-hybridized carbons (Fsp3) is 0.133. The Kier molecular flexibility index (Phi) is 3.30. The number of aryl methyl sites for hydroxylation is 1. The highest BCUT2D eigenvalue weighted by atomic mass is 32.1. The Bertz CT molecular complexity index is 772. The van der Waals surface area contributed by atoms with Crippen LogP contribution in [0.2, 0.25) is 0 Å². The van der Waals surface area contributed by atoms with Crippen molar-refractivity contribution >= 4 is 28.1 Å². The minimum atomic E-state index is -0.232. The van der Waals surface area contributed by atoms with E-state index in [1.165, 1.54) is 27.9 Å². The maximum atomic E-state index is 11.7. The number of thiophene rings is 1. The number of fused-ring (bicyclic) bond motifs is 1. The maximum Gasteiger partial charge on any atom is 0.275 e. The summed E-state index contributed by atoms with van der Waals surface area (Å²) in [5.74, 6) is 4.99. The number of carbonyl (C=O) groups excluding carboxylic acids is 1. The molecule has 2 heterocycles. The zero-order valence-electron chi connectivity index (χ0n) is 11.1. The van der Waals surface area contributed by atoms with Crippen molar-refractivity contribution in [3.05, 3.63) is 57.9 Å². The molecule has 5 heteroatoms. The molecule has 0 saturated heterocycles. The summed E-state index contributed by atoms with van der Waals surface area (Å²) in [5, 5.41) is 3.13. The predicted molar refractivity (Wildman–Crippen MR) is 81.7 cm³/mol. The number of hydrogen-bond donors (Lipinski definition) is 2. The highest BCUT2D eigenvalue weighted by Gasteiger charge is 2.14. The van der Waals surface area contributed by atoms with Crippen LogP contribution in [0.15, 0.2) is 41.8 Å². The average molecular weight is 285 g/mol. The van der Waals surface area contributed by atoms with Crippen molar-refractivity contribution in [3.8, 4) is 0 Å². The van der Waals surface area contributed by atoms with Crippen molar-refractivity contribution in [2.75, 3.05) is 0 Å². The van der Waals surface area contributed by atoms with Crippen molar-refractivity contribution in [2.45, 2.75) is 13.5 Å². The van der Waals surface area contributed by atoms with Gasteiger partial charge in [0.15, 0.2) is 0 Å². The summed E-state index contributed by atoms with van der Waals surface area (Å²) >= 11 is 1.41. The number of rotatable bonds is 3. The van der Waals surface area contributed by atoms with Gasteiger partial charge in [0.25, 0.3) is 5.91 Å². The summed E-state index contributed by atoms with van der Waals surface area (Å²) < 4.78 is 2.21. The van der Waals surface area contributed by atoms with Crippen LogP contribution in [0.1, 0.15) is 20.9 Å². The van der Waals surface area contributed by atoms with Crippen LogP contribution >= 0.6 is 11.3 Å². The maximum absolute atomic E-state index is 11.7. The third-order valence-corrected chi connectivity index (χ3v) is 4.39. The third kappa shape index (κ3) is 2.11. The molecule has 102 valence electrons. The number of hydrazine groups is 1. The van der Waals surface area contributed by atoms with Gasteiger partial charge >= 0.3 is 0 Å². The number of amides is 1. The SMILES string of the molecule is Cc1cc2ccccc2n1Cc1ccsc1C(=O)NN. The lowest BCUT2D eigenvalue weighted by atomic mass is 10.2. The van der Waals surface area contributed by atoms with Gasteiger partial charge in [-0.25, -0.2) is 5.84 Å². The average Bonchev–Trinajstić information content (AvgIpc) is 3.04. The Balaban J connectivity index is 2.04. The molecular weight excluding hydrogens is 270 g/mol. The van der Waals surface area contributed by atoms with Crippen molar-refractivity contribution in [1.29, 1.82) is 0 Å². The van der Waals surface area contributed by atoms with Gasteiger partial charge in [-0.05, 0) is 41.5 Å². The number of benzene rings is 1. The first-order chi connectivity index (χ1) is 9.70. The van der Waals surface area contributed by atoms with E-state index in [1.54, 1.807) is 0 Å². The first-order valence-corrected chi connectivity index (χ1v) is 7.21. The molecule has 0 atom stereocenters. The van der Waals surface area contributed by atoms with E-state index in [0.29, 0.717) is 11.4 Å². The molecule has 0 saturated carbocycles. The standard InChI is InChI=1S/C15H15N3OS/c1-10-8-11-4-2-3-5-13(11)18(10)9-12-6-7-20-14(12)15(19)17-16/h2-8H,9,16H2,1H3,(H,17,19). The lowest BCUT2D eigenvalue weighted by Gasteiger charge is -2.09. The van der Waals surface area contributed by atoms with Gasteiger partial charge in [-0.1, -0.05) is 18.2 Å². The Labute approximate surface area is 120 Å². The van der Waals surface area contributed by atoms with Gasteiger partial charge in [0.1, 0.15) is 0 Å². The first kappa shape index (κ1) is 12.9. The molecule has 3 N–H and O–H groups in total. The molecule has 0 radical (unpaired) electrons. The summed E-state index contributed by atoms with van der Waals surface area (Å²) in [6, 6.07) is 12.4. The first-order valence-electron chi connectivity index (χ1n) is 6.33. The van der Waals surface area contributed by atoms with Crippen LogP contribution in [0.25, 0.3) is 10.9 Å². The van der Waals surface area contributed by atoms with Crippen LogP contribution in [0.4, 0.5) is 0 Å². The molecule has 3 aromatic rings. The van der Waals surface area contributed by atoms with Crippen molar-refractivity contribution in [2.24, 2.45) is 5.84 Å². The summed E-state index contributed by atoms with van der Waals surface area (Å²) in [6.45, 7) is 2.75. The van der Waals surface area contributed by atoms with Crippen LogP contribution in [-0.2, 0) is 6.54 Å². The fourth-order valence-electron chi connectivity index (χ4n) is 2.45. The quantitative estimate of drug-likeness (QED) is 0.441. The van der Waals surface area contributed by atoms with Crippen LogP contribution < -0.4 is 11.3 Å². The fourth-order valence-corrected chi connectivity index (χ4v) is 3.27. The molecule has 20 heavy (non-hydrogen) atoms. The van der Waals surface area contributed by atoms with E-state index in [9.17, 15) is 4.79 Å². The number of nitrogens with zero attached hydrogens (tertiary/aromatic N) is 1.